The molecule has 116 valence electrons. The van der Waals surface area contributed by atoms with Crippen molar-refractivity contribution in [3.8, 4) is 0 Å². The maximum absolute atomic E-state index is 12.2. The van der Waals surface area contributed by atoms with Gasteiger partial charge in [0.2, 0.25) is 0 Å². The third-order valence-corrected chi connectivity index (χ3v) is 4.20. The van der Waals surface area contributed by atoms with Gasteiger partial charge >= 0.3 is 0 Å². The molecule has 1 amide bonds. The van der Waals surface area contributed by atoms with E-state index in [2.05, 4.69) is 34.7 Å². The number of thiazole rings is 1. The van der Waals surface area contributed by atoms with Crippen LogP contribution in [0, 0.1) is 13.8 Å². The van der Waals surface area contributed by atoms with Crippen molar-refractivity contribution < 1.29 is 4.79 Å². The lowest BCUT2D eigenvalue weighted by Crippen LogP contribution is -2.11. The zero-order valence-electron chi connectivity index (χ0n) is 13.0. The minimum Gasteiger partial charge on any atom is -0.356 e. The largest absolute Gasteiger partial charge is 0.356 e. The molecule has 2 N–H and O–H groups in total. The molecule has 0 saturated carbocycles. The van der Waals surface area contributed by atoms with Crippen LogP contribution in [-0.2, 0) is 0 Å². The molecule has 0 aliphatic heterocycles. The van der Waals surface area contributed by atoms with Gasteiger partial charge in [0.05, 0.1) is 5.69 Å². The second-order valence-corrected chi connectivity index (χ2v) is 6.17. The zero-order valence-corrected chi connectivity index (χ0v) is 13.8. The highest BCUT2D eigenvalue weighted by Crippen LogP contribution is 2.19. The van der Waals surface area contributed by atoms with E-state index in [9.17, 15) is 4.79 Å². The van der Waals surface area contributed by atoms with E-state index in [1.165, 1.54) is 16.9 Å². The van der Waals surface area contributed by atoms with Gasteiger partial charge in [-0.15, -0.1) is 11.3 Å². The lowest BCUT2D eigenvalue weighted by molar-refractivity contribution is 0.102. The van der Waals surface area contributed by atoms with Gasteiger partial charge in [-0.05, 0) is 50.2 Å². The highest BCUT2D eigenvalue weighted by Gasteiger charge is 2.08. The van der Waals surface area contributed by atoms with E-state index in [0.717, 1.165) is 17.1 Å². The van der Waals surface area contributed by atoms with Gasteiger partial charge in [-0.1, -0.05) is 17.7 Å². The fourth-order valence-electron chi connectivity index (χ4n) is 2.09. The van der Waals surface area contributed by atoms with E-state index in [-0.39, 0.29) is 5.91 Å². The molecule has 23 heavy (non-hydrogen) atoms. The third kappa shape index (κ3) is 3.96. The lowest BCUT2D eigenvalue weighted by Gasteiger charge is -2.08. The molecule has 4 nitrogen and oxygen atoms in total. The fraction of sp³-hybridized carbons (Fsp3) is 0.111. The average molecular weight is 323 g/mol. The van der Waals surface area contributed by atoms with E-state index in [1.807, 2.05) is 36.6 Å². The summed E-state index contributed by atoms with van der Waals surface area (Å²) in [5.41, 5.74) is 4.69. The van der Waals surface area contributed by atoms with Crippen LogP contribution in [0.1, 0.15) is 21.6 Å². The maximum atomic E-state index is 12.2. The lowest BCUT2D eigenvalue weighted by atomic mass is 10.2. The number of aryl methyl sites for hydroxylation is 2. The Bertz CT molecular complexity index is 807. The Morgan fingerprint density at radius 1 is 0.957 bits per heavy atom. The Morgan fingerprint density at radius 3 is 2.13 bits per heavy atom. The maximum Gasteiger partial charge on any atom is 0.257 e. The summed E-state index contributed by atoms with van der Waals surface area (Å²) in [6.45, 7) is 3.96. The van der Waals surface area contributed by atoms with Gasteiger partial charge in [0.1, 0.15) is 0 Å². The summed E-state index contributed by atoms with van der Waals surface area (Å²) in [6.07, 6.45) is 0. The monoisotopic (exact) mass is 323 g/mol. The van der Waals surface area contributed by atoms with Crippen molar-refractivity contribution in [1.29, 1.82) is 0 Å². The number of carbonyl (C=O) groups excluding carboxylic acids is 1. The number of nitrogens with one attached hydrogen (secondary N) is 2. The molecular weight excluding hydrogens is 306 g/mol. The van der Waals surface area contributed by atoms with E-state index in [4.69, 9.17) is 0 Å². The van der Waals surface area contributed by atoms with Crippen molar-refractivity contribution in [2.24, 2.45) is 0 Å². The quantitative estimate of drug-likeness (QED) is 0.728. The van der Waals surface area contributed by atoms with Crippen LogP contribution in [0.2, 0.25) is 0 Å². The third-order valence-electron chi connectivity index (χ3n) is 3.33. The van der Waals surface area contributed by atoms with Gasteiger partial charge in [-0.3, -0.25) is 10.1 Å². The van der Waals surface area contributed by atoms with Crippen LogP contribution in [0.3, 0.4) is 0 Å². The SMILES string of the molecule is Cc1ccc(Nc2ccc(C(=O)Nc3nc(C)cs3)cc2)cc1. The molecule has 0 aliphatic rings. The van der Waals surface area contributed by atoms with Gasteiger partial charge < -0.3 is 5.32 Å². The Labute approximate surface area is 139 Å². The Kier molecular flexibility index (Phi) is 4.39. The van der Waals surface area contributed by atoms with Crippen LogP contribution in [-0.4, -0.2) is 10.9 Å². The molecule has 5 heteroatoms. The van der Waals surface area contributed by atoms with Gasteiger partial charge in [0, 0.05) is 22.3 Å². The summed E-state index contributed by atoms with van der Waals surface area (Å²) in [5, 5.41) is 8.64. The van der Waals surface area contributed by atoms with Crippen LogP contribution < -0.4 is 10.6 Å². The summed E-state index contributed by atoms with van der Waals surface area (Å²) in [6, 6.07) is 15.5. The van der Waals surface area contributed by atoms with Gasteiger partial charge in [-0.2, -0.15) is 0 Å². The molecule has 0 unspecified atom stereocenters. The molecule has 2 aromatic carbocycles. The van der Waals surface area contributed by atoms with Crippen LogP contribution in [0.15, 0.2) is 53.9 Å². The van der Waals surface area contributed by atoms with E-state index >= 15 is 0 Å². The fourth-order valence-corrected chi connectivity index (χ4v) is 2.77. The highest BCUT2D eigenvalue weighted by molar-refractivity contribution is 7.13. The normalized spacial score (nSPS) is 10.3. The van der Waals surface area contributed by atoms with Crippen LogP contribution in [0.5, 0.6) is 0 Å². The molecule has 0 fully saturated rings. The first-order valence-corrected chi connectivity index (χ1v) is 8.15. The molecule has 0 saturated heterocycles. The highest BCUT2D eigenvalue weighted by atomic mass is 32.1. The molecule has 1 heterocycles. The Hall–Kier alpha value is -2.66. The van der Waals surface area contributed by atoms with Crippen LogP contribution in [0.25, 0.3) is 0 Å². The minimum absolute atomic E-state index is 0.152. The van der Waals surface area contributed by atoms with Gasteiger partial charge in [-0.25, -0.2) is 4.98 Å². The number of hydrogen-bond donors (Lipinski definition) is 2. The summed E-state index contributed by atoms with van der Waals surface area (Å²) in [7, 11) is 0. The Balaban J connectivity index is 1.66. The van der Waals surface area contributed by atoms with E-state index < -0.39 is 0 Å². The second-order valence-electron chi connectivity index (χ2n) is 5.32. The zero-order chi connectivity index (χ0) is 16.2. The summed E-state index contributed by atoms with van der Waals surface area (Å²) in [4.78, 5) is 16.4. The number of anilines is 3. The van der Waals surface area contributed by atoms with Gasteiger partial charge in [0.15, 0.2) is 5.13 Å². The van der Waals surface area contributed by atoms with Crippen molar-refractivity contribution in [2.75, 3.05) is 10.6 Å². The predicted octanol–water partition coefficient (Wildman–Crippen LogP) is 4.76. The standard InChI is InChI=1S/C18H17N3OS/c1-12-3-7-15(8-4-12)20-16-9-5-14(6-10-16)17(22)21-18-19-13(2)11-23-18/h3-11,20H,1-2H3,(H,19,21,22). The molecule has 3 aromatic rings. The van der Waals surface area contributed by atoms with Crippen LogP contribution in [0.4, 0.5) is 16.5 Å². The van der Waals surface area contributed by atoms with Crippen molar-refractivity contribution in [2.45, 2.75) is 13.8 Å². The molecule has 1 aromatic heterocycles. The first-order valence-electron chi connectivity index (χ1n) is 7.27. The number of nitrogens with zero attached hydrogens (tertiary/aromatic N) is 1. The van der Waals surface area contributed by atoms with Crippen molar-refractivity contribution >= 4 is 33.8 Å². The molecule has 0 spiro atoms. The predicted molar refractivity (Wildman–Crippen MR) is 95.7 cm³/mol. The number of benzene rings is 2. The molecule has 3 rings (SSSR count). The smallest absolute Gasteiger partial charge is 0.257 e. The minimum atomic E-state index is -0.152. The average Bonchev–Trinajstić information content (AvgIpc) is 2.95. The number of aromatic nitrogens is 1. The molecule has 0 radical (unpaired) electrons. The number of hydrogen-bond acceptors (Lipinski definition) is 4. The molecule has 0 aliphatic carbocycles. The first kappa shape index (κ1) is 15.2. The summed E-state index contributed by atoms with van der Waals surface area (Å²) in [5.74, 6) is -0.152. The number of amides is 1. The summed E-state index contributed by atoms with van der Waals surface area (Å²) >= 11 is 1.42. The second kappa shape index (κ2) is 6.62. The van der Waals surface area contributed by atoms with Crippen molar-refractivity contribution in [3.63, 3.8) is 0 Å². The van der Waals surface area contributed by atoms with E-state index in [1.54, 1.807) is 12.1 Å². The van der Waals surface area contributed by atoms with E-state index in [0.29, 0.717) is 10.7 Å². The van der Waals surface area contributed by atoms with Crippen LogP contribution >= 0.6 is 11.3 Å². The van der Waals surface area contributed by atoms with Gasteiger partial charge in [0.25, 0.3) is 5.91 Å². The van der Waals surface area contributed by atoms with Crippen molar-refractivity contribution in [1.82, 2.24) is 4.98 Å². The van der Waals surface area contributed by atoms with Crippen molar-refractivity contribution in [3.05, 3.63) is 70.7 Å². The molecule has 0 atom stereocenters. The number of rotatable bonds is 4. The first-order chi connectivity index (χ1) is 11.1. The Morgan fingerprint density at radius 2 is 1.57 bits per heavy atom. The summed E-state index contributed by atoms with van der Waals surface area (Å²) < 4.78 is 0. The molecular formula is C18H17N3OS. The number of carbonyl (C=O) groups is 1. The molecule has 0 bridgehead atoms. The topological polar surface area (TPSA) is 54.0 Å².